The fraction of sp³-hybridized carbons (Fsp3) is 0.278. The molecule has 0 aliphatic carbocycles. The molecule has 3 aromatic rings. The zero-order chi connectivity index (χ0) is 19.4. The molecule has 0 aliphatic rings. The van der Waals surface area contributed by atoms with Gasteiger partial charge < -0.3 is 14.5 Å². The summed E-state index contributed by atoms with van der Waals surface area (Å²) in [5, 5.41) is 12.0. The van der Waals surface area contributed by atoms with Gasteiger partial charge in [-0.25, -0.2) is 0 Å². The molecule has 7 nitrogen and oxygen atoms in total. The maximum Gasteiger partial charge on any atom is 0.237 e. The highest BCUT2D eigenvalue weighted by Crippen LogP contribution is 2.29. The molecule has 1 amide bonds. The third-order valence-electron chi connectivity index (χ3n) is 3.85. The number of anilines is 1. The maximum atomic E-state index is 12.5. The number of furan rings is 1. The third kappa shape index (κ3) is 4.28. The van der Waals surface area contributed by atoms with Crippen molar-refractivity contribution in [3.63, 3.8) is 0 Å². The lowest BCUT2D eigenvalue weighted by atomic mass is 10.3. The minimum absolute atomic E-state index is 0.161. The highest BCUT2D eigenvalue weighted by atomic mass is 35.5. The van der Waals surface area contributed by atoms with Gasteiger partial charge in [-0.3, -0.25) is 9.36 Å². The van der Waals surface area contributed by atoms with E-state index in [2.05, 4.69) is 15.5 Å². The van der Waals surface area contributed by atoms with Crippen molar-refractivity contribution >= 4 is 35.0 Å². The largest absolute Gasteiger partial charge is 0.495 e. The van der Waals surface area contributed by atoms with Crippen molar-refractivity contribution < 1.29 is 13.9 Å². The first-order chi connectivity index (χ1) is 13.0. The van der Waals surface area contributed by atoms with Crippen molar-refractivity contribution in [1.82, 2.24) is 14.8 Å². The number of nitrogens with one attached hydrogen (secondary N) is 1. The number of carbonyl (C=O) groups excluding carboxylic acids is 1. The summed E-state index contributed by atoms with van der Waals surface area (Å²) >= 11 is 7.43. The minimum Gasteiger partial charge on any atom is -0.495 e. The number of methoxy groups -OCH3 is 1. The summed E-state index contributed by atoms with van der Waals surface area (Å²) in [7, 11) is 1.54. The van der Waals surface area contributed by atoms with Crippen LogP contribution < -0.4 is 10.1 Å². The number of ether oxygens (including phenoxy) is 1. The van der Waals surface area contributed by atoms with E-state index in [-0.39, 0.29) is 11.2 Å². The van der Waals surface area contributed by atoms with Gasteiger partial charge >= 0.3 is 0 Å². The second-order valence-electron chi connectivity index (χ2n) is 5.63. The Hall–Kier alpha value is -2.45. The van der Waals surface area contributed by atoms with E-state index in [0.717, 1.165) is 0 Å². The molecule has 1 unspecified atom stereocenters. The van der Waals surface area contributed by atoms with Gasteiger partial charge in [-0.2, -0.15) is 0 Å². The van der Waals surface area contributed by atoms with Crippen LogP contribution in [0.25, 0.3) is 11.6 Å². The quantitative estimate of drug-likeness (QED) is 0.588. The standard InChI is InChI=1S/C18H19ClN4O3S/c1-4-23-16(15-6-5-9-26-15)21-22-18(23)27-11(2)17(24)20-12-7-8-14(25-3)13(19)10-12/h5-11H,4H2,1-3H3,(H,20,24). The smallest absolute Gasteiger partial charge is 0.237 e. The molecule has 142 valence electrons. The Bertz CT molecular complexity index is 927. The third-order valence-corrected chi connectivity index (χ3v) is 5.22. The van der Waals surface area contributed by atoms with Crippen LogP contribution in [0, 0.1) is 0 Å². The fourth-order valence-corrected chi connectivity index (χ4v) is 3.62. The molecular formula is C18H19ClN4O3S. The van der Waals surface area contributed by atoms with Gasteiger partial charge in [-0.05, 0) is 44.2 Å². The Balaban J connectivity index is 1.71. The van der Waals surface area contributed by atoms with Crippen LogP contribution in [0.15, 0.2) is 46.2 Å². The molecule has 2 aromatic heterocycles. The van der Waals surface area contributed by atoms with Gasteiger partial charge in [0.15, 0.2) is 16.7 Å². The molecule has 0 bridgehead atoms. The number of carbonyl (C=O) groups is 1. The Morgan fingerprint density at radius 1 is 1.41 bits per heavy atom. The summed E-state index contributed by atoms with van der Waals surface area (Å²) in [6, 6.07) is 8.73. The number of benzene rings is 1. The molecule has 0 aliphatic heterocycles. The van der Waals surface area contributed by atoms with Crippen LogP contribution in [0.3, 0.4) is 0 Å². The normalized spacial score (nSPS) is 12.0. The monoisotopic (exact) mass is 406 g/mol. The second-order valence-corrected chi connectivity index (χ2v) is 7.34. The molecule has 0 saturated carbocycles. The maximum absolute atomic E-state index is 12.5. The first-order valence-electron chi connectivity index (χ1n) is 8.31. The minimum atomic E-state index is -0.384. The summed E-state index contributed by atoms with van der Waals surface area (Å²) in [5.74, 6) is 1.67. The lowest BCUT2D eigenvalue weighted by Crippen LogP contribution is -2.23. The molecule has 0 fully saturated rings. The molecule has 9 heteroatoms. The highest BCUT2D eigenvalue weighted by molar-refractivity contribution is 8.00. The molecular weight excluding hydrogens is 388 g/mol. The number of aromatic nitrogens is 3. The van der Waals surface area contributed by atoms with Gasteiger partial charge in [0.1, 0.15) is 5.75 Å². The van der Waals surface area contributed by atoms with Crippen LogP contribution in [0.2, 0.25) is 5.02 Å². The number of rotatable bonds is 7. The van der Waals surface area contributed by atoms with Crippen LogP contribution in [-0.4, -0.2) is 33.0 Å². The van der Waals surface area contributed by atoms with Crippen molar-refractivity contribution in [3.05, 3.63) is 41.6 Å². The van der Waals surface area contributed by atoms with E-state index >= 15 is 0 Å². The van der Waals surface area contributed by atoms with Gasteiger partial charge in [0.2, 0.25) is 5.91 Å². The lowest BCUT2D eigenvalue weighted by Gasteiger charge is -2.13. The fourth-order valence-electron chi connectivity index (χ4n) is 2.45. The SMILES string of the molecule is CCn1c(SC(C)C(=O)Nc2ccc(OC)c(Cl)c2)nnc1-c1ccco1. The summed E-state index contributed by atoms with van der Waals surface area (Å²) in [6.45, 7) is 4.46. The molecule has 27 heavy (non-hydrogen) atoms. The topological polar surface area (TPSA) is 82.2 Å². The van der Waals surface area contributed by atoms with Crippen LogP contribution in [0.1, 0.15) is 13.8 Å². The second kappa shape index (κ2) is 8.49. The average Bonchev–Trinajstić information content (AvgIpc) is 3.31. The van der Waals surface area contributed by atoms with Crippen LogP contribution in [0.5, 0.6) is 5.75 Å². The number of hydrogen-bond acceptors (Lipinski definition) is 6. The molecule has 0 saturated heterocycles. The van der Waals surface area contributed by atoms with Gasteiger partial charge in [0, 0.05) is 12.2 Å². The molecule has 3 rings (SSSR count). The zero-order valence-electron chi connectivity index (χ0n) is 15.1. The Morgan fingerprint density at radius 3 is 2.85 bits per heavy atom. The van der Waals surface area contributed by atoms with E-state index < -0.39 is 0 Å². The summed E-state index contributed by atoms with van der Waals surface area (Å²) in [5.41, 5.74) is 0.603. The van der Waals surface area contributed by atoms with Crippen LogP contribution >= 0.6 is 23.4 Å². The Labute approximate surface area is 166 Å². The predicted molar refractivity (Wildman–Crippen MR) is 105 cm³/mol. The lowest BCUT2D eigenvalue weighted by molar-refractivity contribution is -0.115. The first kappa shape index (κ1) is 19.3. The molecule has 0 spiro atoms. The van der Waals surface area contributed by atoms with E-state index in [1.54, 1.807) is 37.6 Å². The zero-order valence-corrected chi connectivity index (χ0v) is 16.7. The first-order valence-corrected chi connectivity index (χ1v) is 9.57. The van der Waals surface area contributed by atoms with Crippen molar-refractivity contribution in [2.24, 2.45) is 0 Å². The van der Waals surface area contributed by atoms with Crippen molar-refractivity contribution in [1.29, 1.82) is 0 Å². The molecule has 1 atom stereocenters. The number of halogens is 1. The van der Waals surface area contributed by atoms with Gasteiger partial charge in [-0.15, -0.1) is 10.2 Å². The van der Waals surface area contributed by atoms with Crippen molar-refractivity contribution in [2.45, 2.75) is 30.8 Å². The summed E-state index contributed by atoms with van der Waals surface area (Å²) in [4.78, 5) is 12.5. The molecule has 2 heterocycles. The Morgan fingerprint density at radius 2 is 2.22 bits per heavy atom. The average molecular weight is 407 g/mol. The van der Waals surface area contributed by atoms with Gasteiger partial charge in [0.25, 0.3) is 0 Å². The summed E-state index contributed by atoms with van der Waals surface area (Å²) < 4.78 is 12.4. The van der Waals surface area contributed by atoms with E-state index in [1.807, 2.05) is 24.5 Å². The summed E-state index contributed by atoms with van der Waals surface area (Å²) in [6.07, 6.45) is 1.59. The predicted octanol–water partition coefficient (Wildman–Crippen LogP) is 4.34. The van der Waals surface area contributed by atoms with Crippen molar-refractivity contribution in [2.75, 3.05) is 12.4 Å². The molecule has 0 radical (unpaired) electrons. The van der Waals surface area contributed by atoms with E-state index in [0.29, 0.717) is 39.7 Å². The van der Waals surface area contributed by atoms with E-state index in [4.69, 9.17) is 20.8 Å². The van der Waals surface area contributed by atoms with Crippen molar-refractivity contribution in [3.8, 4) is 17.3 Å². The number of hydrogen-bond donors (Lipinski definition) is 1. The molecule has 1 aromatic carbocycles. The van der Waals surface area contributed by atoms with E-state index in [9.17, 15) is 4.79 Å². The molecule has 1 N–H and O–H groups in total. The number of amides is 1. The Kier molecular flexibility index (Phi) is 6.08. The van der Waals surface area contributed by atoms with Crippen LogP contribution in [-0.2, 0) is 11.3 Å². The number of thioether (sulfide) groups is 1. The van der Waals surface area contributed by atoms with Gasteiger partial charge in [0.05, 0.1) is 23.6 Å². The highest BCUT2D eigenvalue weighted by Gasteiger charge is 2.21. The van der Waals surface area contributed by atoms with Gasteiger partial charge in [-0.1, -0.05) is 23.4 Å². The number of nitrogens with zero attached hydrogens (tertiary/aromatic N) is 3. The van der Waals surface area contributed by atoms with E-state index in [1.165, 1.54) is 11.8 Å². The van der Waals surface area contributed by atoms with Crippen LogP contribution in [0.4, 0.5) is 5.69 Å².